The van der Waals surface area contributed by atoms with E-state index in [1.807, 2.05) is 97.1 Å². The summed E-state index contributed by atoms with van der Waals surface area (Å²) in [5, 5.41) is 6.40. The van der Waals surface area contributed by atoms with Crippen molar-refractivity contribution in [1.82, 2.24) is 18.8 Å². The Balaban J connectivity index is 1.27. The van der Waals surface area contributed by atoms with Gasteiger partial charge in [0.25, 0.3) is 11.1 Å². The molecule has 0 radical (unpaired) electrons. The minimum absolute atomic E-state index is 0.299. The lowest BCUT2D eigenvalue weighted by Crippen LogP contribution is -2.15. The minimum Gasteiger partial charge on any atom is -0.497 e. The van der Waals surface area contributed by atoms with Crippen molar-refractivity contribution in [2.45, 2.75) is 0 Å². The number of benzene rings is 10. The fourth-order valence-electron chi connectivity index (χ4n) is 11.2. The maximum atomic E-state index is 15.7. The Morgan fingerprint density at radius 3 is 1.25 bits per heavy atom. The van der Waals surface area contributed by atoms with Crippen LogP contribution in [0.2, 0.25) is 0 Å². The first-order valence-corrected chi connectivity index (χ1v) is 25.3. The summed E-state index contributed by atoms with van der Waals surface area (Å²) in [6, 6.07) is 44.3. The first-order chi connectivity index (χ1) is 38.8. The fraction of sp³-hybridized carbons (Fsp3) is 0.0769. The Morgan fingerprint density at radius 1 is 0.468 bits per heavy atom. The number of ether oxygens (including phenoxy) is 8. The van der Waals surface area contributed by atoms with Crippen molar-refractivity contribution in [3.63, 3.8) is 0 Å². The number of allylic oxidation sites excluding steroid dienone is 3. The largest absolute Gasteiger partial charge is 0.497 e. The van der Waals surface area contributed by atoms with Gasteiger partial charge in [-0.25, -0.2) is 9.97 Å². The molecule has 14 nitrogen and oxygen atoms in total. The summed E-state index contributed by atoms with van der Waals surface area (Å²) in [4.78, 5) is 41.7. The van der Waals surface area contributed by atoms with Crippen LogP contribution in [0.4, 0.5) is 0 Å². The molecule has 14 rings (SSSR count). The quantitative estimate of drug-likeness (QED) is 0.0417. The fourth-order valence-corrected chi connectivity index (χ4v) is 11.2. The van der Waals surface area contributed by atoms with E-state index in [0.29, 0.717) is 168 Å². The van der Waals surface area contributed by atoms with Crippen LogP contribution in [0.25, 0.3) is 98.0 Å². The third kappa shape index (κ3) is 7.29. The molecule has 14 heteroatoms. The van der Waals surface area contributed by atoms with Crippen LogP contribution in [0.5, 0.6) is 57.5 Å². The number of pyridine rings is 2. The lowest BCUT2D eigenvalue weighted by atomic mass is 9.84. The second kappa shape index (κ2) is 18.4. The third-order valence-electron chi connectivity index (χ3n) is 14.6. The standard InChI is InChI=1S/C65H44N4O10/c1-6-12-38(13-11-30-72-2)76-50-31-42-54-44(64(70)68-48-16-9-7-14-46(48)66-62(42)68)34-53(79-41-28-22-37(75-5)23-29-41)59-57-51(77-39-24-18-35(73-3)19-25-39)32-43-55-45(65(71)69-49-17-10-8-15-47(49)67-63(43)69)33-52(58(61(55)57)56(50)60(54)59)78-40-26-20-36(74-4)21-27-40/h6-29,31-34H,1,30H2,2-5H3/b13-11-,38-12+. The number of rotatable bonds is 15. The van der Waals surface area contributed by atoms with E-state index in [-0.39, 0.29) is 11.1 Å². The van der Waals surface area contributed by atoms with Gasteiger partial charge >= 0.3 is 0 Å². The van der Waals surface area contributed by atoms with Gasteiger partial charge in [-0.1, -0.05) is 43.0 Å². The van der Waals surface area contributed by atoms with E-state index in [9.17, 15) is 0 Å². The van der Waals surface area contributed by atoms with Gasteiger partial charge in [0.15, 0.2) is 0 Å². The van der Waals surface area contributed by atoms with E-state index < -0.39 is 0 Å². The van der Waals surface area contributed by atoms with Gasteiger partial charge in [0.2, 0.25) is 0 Å². The molecule has 0 aliphatic carbocycles. The summed E-state index contributed by atoms with van der Waals surface area (Å²) in [5.41, 5.74) is 2.72. The molecular weight excluding hydrogens is 997 g/mol. The average Bonchev–Trinajstić information content (AvgIpc) is 2.51. The predicted molar refractivity (Wildman–Crippen MR) is 309 cm³/mol. The average molecular weight is 1040 g/mol. The number of imidazole rings is 2. The molecule has 0 saturated carbocycles. The first kappa shape index (κ1) is 47.0. The molecule has 0 atom stereocenters. The molecular formula is C65H44N4O10. The van der Waals surface area contributed by atoms with Crippen LogP contribution >= 0.6 is 0 Å². The number of hydrogen-bond acceptors (Lipinski definition) is 12. The molecule has 0 bridgehead atoms. The van der Waals surface area contributed by atoms with Gasteiger partial charge in [-0.3, -0.25) is 18.4 Å². The molecule has 0 unspecified atom stereocenters. The lowest BCUT2D eigenvalue weighted by molar-refractivity contribution is 0.233. The molecule has 14 aromatic rings. The van der Waals surface area contributed by atoms with E-state index in [0.717, 1.165) is 0 Å². The van der Waals surface area contributed by atoms with Crippen molar-refractivity contribution in [3.8, 4) is 57.5 Å². The van der Waals surface area contributed by atoms with E-state index in [1.165, 1.54) is 0 Å². The highest BCUT2D eigenvalue weighted by atomic mass is 16.5. The highest BCUT2D eigenvalue weighted by molar-refractivity contribution is 6.44. The number of aromatic nitrogens is 4. The van der Waals surface area contributed by atoms with Crippen LogP contribution in [0.3, 0.4) is 0 Å². The third-order valence-corrected chi connectivity index (χ3v) is 14.6. The molecule has 0 N–H and O–H groups in total. The highest BCUT2D eigenvalue weighted by Gasteiger charge is 2.33. The molecule has 0 aliphatic heterocycles. The molecule has 384 valence electrons. The van der Waals surface area contributed by atoms with Crippen molar-refractivity contribution in [2.75, 3.05) is 35.0 Å². The molecule has 0 spiro atoms. The maximum absolute atomic E-state index is 15.7. The number of hydrogen-bond donors (Lipinski definition) is 0. The Hall–Kier alpha value is -10.4. The zero-order valence-corrected chi connectivity index (χ0v) is 43.0. The molecule has 0 fully saturated rings. The van der Waals surface area contributed by atoms with Crippen LogP contribution in [-0.2, 0) is 4.74 Å². The molecule has 10 aromatic carbocycles. The molecule has 79 heavy (non-hydrogen) atoms. The Bertz CT molecular complexity index is 4970. The van der Waals surface area contributed by atoms with E-state index in [4.69, 9.17) is 47.9 Å². The van der Waals surface area contributed by atoms with Crippen molar-refractivity contribution in [2.24, 2.45) is 0 Å². The van der Waals surface area contributed by atoms with E-state index >= 15 is 9.59 Å². The Morgan fingerprint density at radius 2 is 0.848 bits per heavy atom. The summed E-state index contributed by atoms with van der Waals surface area (Å²) in [6.07, 6.45) is 7.05. The Kier molecular flexibility index (Phi) is 11.0. The minimum atomic E-state index is -0.318. The molecule has 4 aromatic heterocycles. The summed E-state index contributed by atoms with van der Waals surface area (Å²) in [6.45, 7) is 4.34. The first-order valence-electron chi connectivity index (χ1n) is 25.3. The van der Waals surface area contributed by atoms with Crippen LogP contribution in [-0.4, -0.2) is 53.8 Å². The van der Waals surface area contributed by atoms with Crippen molar-refractivity contribution in [3.05, 3.63) is 203 Å². The molecule has 0 saturated heterocycles. The zero-order valence-electron chi connectivity index (χ0n) is 43.0. The SMILES string of the molecule is C=C/C=C(\C=C/COC)Oc1cc2c3c(cc(Oc4ccc(OC)cc4)c4c5c(Oc6ccc(OC)cc6)cc6c7c(cc(Oc8ccc(OC)cc8)c(c1c43)c57)c(=O)n1c3ccccc3nc61)c(=O)n1c3ccccc3nc21. The van der Waals surface area contributed by atoms with Gasteiger partial charge in [0.1, 0.15) is 74.5 Å². The maximum Gasteiger partial charge on any atom is 0.264 e. The topological polar surface area (TPSA) is 143 Å². The smallest absolute Gasteiger partial charge is 0.264 e. The van der Waals surface area contributed by atoms with Gasteiger partial charge in [0, 0.05) is 61.0 Å². The number of methoxy groups -OCH3 is 4. The summed E-state index contributed by atoms with van der Waals surface area (Å²) in [5.74, 6) is 5.03. The highest BCUT2D eigenvalue weighted by Crippen LogP contribution is 2.57. The van der Waals surface area contributed by atoms with Crippen LogP contribution in [0, 0.1) is 0 Å². The number of para-hydroxylation sites is 4. The lowest BCUT2D eigenvalue weighted by Gasteiger charge is -2.25. The van der Waals surface area contributed by atoms with Gasteiger partial charge in [0.05, 0.1) is 60.8 Å². The van der Waals surface area contributed by atoms with Crippen LogP contribution in [0.15, 0.2) is 192 Å². The molecule has 0 aliphatic rings. The van der Waals surface area contributed by atoms with E-state index in [1.54, 1.807) is 110 Å². The van der Waals surface area contributed by atoms with Crippen LogP contribution in [0.1, 0.15) is 0 Å². The number of nitrogens with zero attached hydrogens (tertiary/aromatic N) is 4. The second-order valence-electron chi connectivity index (χ2n) is 18.9. The van der Waals surface area contributed by atoms with Gasteiger partial charge in [-0.15, -0.1) is 0 Å². The number of fused-ring (bicyclic) bond motifs is 10. The molecule has 4 heterocycles. The monoisotopic (exact) mass is 1040 g/mol. The zero-order chi connectivity index (χ0) is 53.6. The second-order valence-corrected chi connectivity index (χ2v) is 18.9. The predicted octanol–water partition coefficient (Wildman–Crippen LogP) is 14.3. The van der Waals surface area contributed by atoms with E-state index in [2.05, 4.69) is 6.58 Å². The summed E-state index contributed by atoms with van der Waals surface area (Å²) < 4.78 is 54.3. The van der Waals surface area contributed by atoms with Crippen molar-refractivity contribution < 1.29 is 37.9 Å². The van der Waals surface area contributed by atoms with Crippen LogP contribution < -0.4 is 44.3 Å². The van der Waals surface area contributed by atoms with Gasteiger partial charge in [-0.05, 0) is 133 Å². The Labute approximate surface area is 448 Å². The van der Waals surface area contributed by atoms with Crippen molar-refractivity contribution in [1.29, 1.82) is 0 Å². The van der Waals surface area contributed by atoms with Gasteiger partial charge < -0.3 is 37.9 Å². The molecule has 0 amide bonds. The van der Waals surface area contributed by atoms with Gasteiger partial charge in [-0.2, -0.15) is 0 Å². The normalized spacial score (nSPS) is 12.3. The summed E-state index contributed by atoms with van der Waals surface area (Å²) >= 11 is 0. The van der Waals surface area contributed by atoms with Crippen molar-refractivity contribution >= 4 is 98.0 Å². The summed E-state index contributed by atoms with van der Waals surface area (Å²) in [7, 11) is 6.42.